The number of hydrogen-bond donors (Lipinski definition) is 1. The van der Waals surface area contributed by atoms with E-state index < -0.39 is 0 Å². The Balaban J connectivity index is 1.75. The number of nitrogens with zero attached hydrogens (tertiary/aromatic N) is 2. The number of imidazole rings is 1. The second kappa shape index (κ2) is 5.73. The lowest BCUT2D eigenvalue weighted by atomic mass is 9.64. The maximum Gasteiger partial charge on any atom is 0.193 e. The third-order valence-corrected chi connectivity index (χ3v) is 6.05. The van der Waals surface area contributed by atoms with Crippen LogP contribution in [-0.2, 0) is 6.42 Å². The molecule has 21 heavy (non-hydrogen) atoms. The van der Waals surface area contributed by atoms with Crippen LogP contribution in [0.25, 0.3) is 4.96 Å². The maximum atomic E-state index is 6.03. The molecule has 0 bridgehead atoms. The van der Waals surface area contributed by atoms with Crippen LogP contribution in [0.5, 0.6) is 0 Å². The third kappa shape index (κ3) is 3.16. The Morgan fingerprint density at radius 3 is 2.81 bits per heavy atom. The molecule has 3 rings (SSSR count). The van der Waals surface area contributed by atoms with Crippen molar-refractivity contribution in [1.82, 2.24) is 9.38 Å². The second-order valence-corrected chi connectivity index (χ2v) is 8.53. The fourth-order valence-electron chi connectivity index (χ4n) is 3.82. The molecule has 2 N–H and O–H groups in total. The molecule has 1 fully saturated rings. The largest absolute Gasteiger partial charge is 0.330 e. The molecule has 4 heteroatoms. The van der Waals surface area contributed by atoms with Crippen molar-refractivity contribution in [3.8, 4) is 0 Å². The van der Waals surface area contributed by atoms with E-state index in [-0.39, 0.29) is 0 Å². The van der Waals surface area contributed by atoms with E-state index in [0.717, 1.165) is 23.8 Å². The third-order valence-electron chi connectivity index (χ3n) is 5.28. The SMILES string of the molecule is CC(C)(C)C1CCC(CN)C(Cc2cn3ccsc3n2)C1. The van der Waals surface area contributed by atoms with Gasteiger partial charge in [0, 0.05) is 17.8 Å². The zero-order valence-electron chi connectivity index (χ0n) is 13.4. The quantitative estimate of drug-likeness (QED) is 0.932. The summed E-state index contributed by atoms with van der Waals surface area (Å²) in [6, 6.07) is 0. The standard InChI is InChI=1S/C17H27N3S/c1-17(2,3)14-5-4-12(10-18)13(8-14)9-15-11-20-6-7-21-16(20)19-15/h6-7,11-14H,4-5,8-10,18H2,1-3H3. The van der Waals surface area contributed by atoms with Gasteiger partial charge in [0.15, 0.2) is 4.96 Å². The molecule has 1 aliphatic carbocycles. The molecule has 116 valence electrons. The molecule has 0 aliphatic heterocycles. The van der Waals surface area contributed by atoms with Crippen molar-refractivity contribution in [2.24, 2.45) is 28.9 Å². The first-order valence-electron chi connectivity index (χ1n) is 8.08. The van der Waals surface area contributed by atoms with Gasteiger partial charge in [-0.25, -0.2) is 4.98 Å². The van der Waals surface area contributed by atoms with Crippen LogP contribution in [0.3, 0.4) is 0 Å². The average Bonchev–Trinajstić information content (AvgIpc) is 2.98. The van der Waals surface area contributed by atoms with Crippen molar-refractivity contribution in [3.63, 3.8) is 0 Å². The van der Waals surface area contributed by atoms with Gasteiger partial charge in [-0.2, -0.15) is 0 Å². The predicted octanol–water partition coefficient (Wildman–Crippen LogP) is 3.98. The minimum atomic E-state index is 0.409. The molecule has 3 nitrogen and oxygen atoms in total. The van der Waals surface area contributed by atoms with Gasteiger partial charge in [-0.05, 0) is 55.4 Å². The van der Waals surface area contributed by atoms with Gasteiger partial charge in [0.25, 0.3) is 0 Å². The topological polar surface area (TPSA) is 43.3 Å². The Kier molecular flexibility index (Phi) is 4.10. The number of rotatable bonds is 3. The number of hydrogen-bond acceptors (Lipinski definition) is 3. The van der Waals surface area contributed by atoms with Crippen LogP contribution in [0.4, 0.5) is 0 Å². The molecular formula is C17H27N3S. The van der Waals surface area contributed by atoms with E-state index in [1.807, 2.05) is 0 Å². The summed E-state index contributed by atoms with van der Waals surface area (Å²) in [5.41, 5.74) is 7.68. The minimum absolute atomic E-state index is 0.409. The second-order valence-electron chi connectivity index (χ2n) is 7.66. The Labute approximate surface area is 131 Å². The highest BCUT2D eigenvalue weighted by Gasteiger charge is 2.35. The summed E-state index contributed by atoms with van der Waals surface area (Å²) in [5, 5.41) is 2.09. The van der Waals surface area contributed by atoms with Gasteiger partial charge in [-0.15, -0.1) is 11.3 Å². The summed E-state index contributed by atoms with van der Waals surface area (Å²) >= 11 is 1.71. The van der Waals surface area contributed by atoms with Gasteiger partial charge in [0.2, 0.25) is 0 Å². The Morgan fingerprint density at radius 1 is 1.33 bits per heavy atom. The molecular weight excluding hydrogens is 278 g/mol. The van der Waals surface area contributed by atoms with E-state index >= 15 is 0 Å². The lowest BCUT2D eigenvalue weighted by Crippen LogP contribution is -2.36. The predicted molar refractivity (Wildman–Crippen MR) is 89.6 cm³/mol. The molecule has 1 aliphatic rings. The highest BCUT2D eigenvalue weighted by molar-refractivity contribution is 7.15. The lowest BCUT2D eigenvalue weighted by molar-refractivity contribution is 0.101. The summed E-state index contributed by atoms with van der Waals surface area (Å²) in [4.78, 5) is 5.87. The first-order chi connectivity index (χ1) is 9.97. The summed E-state index contributed by atoms with van der Waals surface area (Å²) in [5.74, 6) is 2.18. The van der Waals surface area contributed by atoms with Crippen LogP contribution in [0.2, 0.25) is 0 Å². The van der Waals surface area contributed by atoms with Crippen LogP contribution >= 0.6 is 11.3 Å². The van der Waals surface area contributed by atoms with Gasteiger partial charge in [0.1, 0.15) is 0 Å². The molecule has 2 aromatic heterocycles. The molecule has 0 radical (unpaired) electrons. The summed E-state index contributed by atoms with van der Waals surface area (Å²) < 4.78 is 2.14. The first kappa shape index (κ1) is 15.0. The van der Waals surface area contributed by atoms with Crippen LogP contribution < -0.4 is 5.73 Å². The molecule has 0 spiro atoms. The molecule has 2 heterocycles. The van der Waals surface area contributed by atoms with Crippen LogP contribution in [0.1, 0.15) is 45.7 Å². The molecule has 0 amide bonds. The maximum absolute atomic E-state index is 6.03. The van der Waals surface area contributed by atoms with E-state index in [4.69, 9.17) is 10.7 Å². The normalized spacial score (nSPS) is 27.3. The van der Waals surface area contributed by atoms with Crippen molar-refractivity contribution >= 4 is 16.3 Å². The van der Waals surface area contributed by atoms with Crippen molar-refractivity contribution < 1.29 is 0 Å². The van der Waals surface area contributed by atoms with Crippen molar-refractivity contribution in [2.75, 3.05) is 6.54 Å². The van der Waals surface area contributed by atoms with E-state index in [0.29, 0.717) is 17.3 Å². The van der Waals surface area contributed by atoms with Crippen LogP contribution in [0, 0.1) is 23.2 Å². The Bertz CT molecular complexity index is 564. The summed E-state index contributed by atoms with van der Waals surface area (Å²) in [6.45, 7) is 7.96. The van der Waals surface area contributed by atoms with Crippen molar-refractivity contribution in [1.29, 1.82) is 0 Å². The number of thiazole rings is 1. The van der Waals surface area contributed by atoms with Gasteiger partial charge < -0.3 is 5.73 Å². The van der Waals surface area contributed by atoms with Gasteiger partial charge in [-0.3, -0.25) is 4.40 Å². The van der Waals surface area contributed by atoms with E-state index in [9.17, 15) is 0 Å². The molecule has 3 atom stereocenters. The average molecular weight is 305 g/mol. The van der Waals surface area contributed by atoms with Crippen molar-refractivity contribution in [2.45, 2.75) is 46.5 Å². The highest BCUT2D eigenvalue weighted by Crippen LogP contribution is 2.43. The minimum Gasteiger partial charge on any atom is -0.330 e. The highest BCUT2D eigenvalue weighted by atomic mass is 32.1. The van der Waals surface area contributed by atoms with Gasteiger partial charge >= 0.3 is 0 Å². The first-order valence-corrected chi connectivity index (χ1v) is 8.96. The molecule has 1 saturated carbocycles. The zero-order chi connectivity index (χ0) is 15.0. The Morgan fingerprint density at radius 2 is 2.14 bits per heavy atom. The van der Waals surface area contributed by atoms with Gasteiger partial charge in [0.05, 0.1) is 5.69 Å². The smallest absolute Gasteiger partial charge is 0.193 e. The molecule has 3 unspecified atom stereocenters. The van der Waals surface area contributed by atoms with E-state index in [2.05, 4.69) is 42.9 Å². The summed E-state index contributed by atoms with van der Waals surface area (Å²) in [7, 11) is 0. The van der Waals surface area contributed by atoms with E-state index in [1.54, 1.807) is 11.3 Å². The van der Waals surface area contributed by atoms with E-state index in [1.165, 1.54) is 25.0 Å². The number of fused-ring (bicyclic) bond motifs is 1. The van der Waals surface area contributed by atoms with Crippen molar-refractivity contribution in [3.05, 3.63) is 23.5 Å². The molecule has 2 aromatic rings. The zero-order valence-corrected chi connectivity index (χ0v) is 14.2. The fourth-order valence-corrected chi connectivity index (χ4v) is 4.54. The molecule has 0 aromatic carbocycles. The lowest BCUT2D eigenvalue weighted by Gasteiger charge is -2.41. The number of nitrogens with two attached hydrogens (primary N) is 1. The fraction of sp³-hybridized carbons (Fsp3) is 0.706. The molecule has 0 saturated heterocycles. The Hall–Kier alpha value is -0.870. The van der Waals surface area contributed by atoms with Gasteiger partial charge in [-0.1, -0.05) is 20.8 Å². The monoisotopic (exact) mass is 305 g/mol. The van der Waals surface area contributed by atoms with Crippen LogP contribution in [-0.4, -0.2) is 15.9 Å². The number of aromatic nitrogens is 2. The van der Waals surface area contributed by atoms with Crippen LogP contribution in [0.15, 0.2) is 17.8 Å². The summed E-state index contributed by atoms with van der Waals surface area (Å²) in [6.07, 6.45) is 9.29.